The van der Waals surface area contributed by atoms with Gasteiger partial charge in [-0.15, -0.1) is 0 Å². The van der Waals surface area contributed by atoms with Crippen LogP contribution in [0.3, 0.4) is 0 Å². The fourth-order valence-corrected chi connectivity index (χ4v) is 2.72. The van der Waals surface area contributed by atoms with Crippen LogP contribution >= 0.6 is 27.5 Å². The fourth-order valence-electron chi connectivity index (χ4n) is 1.99. The molecule has 1 amide bonds. The van der Waals surface area contributed by atoms with Gasteiger partial charge in [-0.1, -0.05) is 27.5 Å². The quantitative estimate of drug-likeness (QED) is 0.700. The molecule has 0 unspecified atom stereocenters. The van der Waals surface area contributed by atoms with E-state index in [0.717, 1.165) is 4.47 Å². The number of ether oxygens (including phenoxy) is 1. The summed E-state index contributed by atoms with van der Waals surface area (Å²) in [6.07, 6.45) is 0.155. The molecule has 2 aromatic rings. The monoisotopic (exact) mass is 410 g/mol. The molecular formula is C17H13BrClFN2O2. The van der Waals surface area contributed by atoms with E-state index >= 15 is 0 Å². The third-order valence-electron chi connectivity index (χ3n) is 3.13. The number of benzene rings is 2. The van der Waals surface area contributed by atoms with Crippen LogP contribution in [0.1, 0.15) is 6.42 Å². The second-order valence-electron chi connectivity index (χ2n) is 4.79. The Morgan fingerprint density at radius 1 is 1.29 bits per heavy atom. The molecule has 0 N–H and O–H groups in total. The third kappa shape index (κ3) is 4.95. The largest absolute Gasteiger partial charge is 0.482 e. The van der Waals surface area contributed by atoms with E-state index in [1.54, 1.807) is 18.2 Å². The van der Waals surface area contributed by atoms with Gasteiger partial charge in [-0.25, -0.2) is 4.39 Å². The second kappa shape index (κ2) is 8.67. The molecule has 4 nitrogen and oxygen atoms in total. The van der Waals surface area contributed by atoms with Crippen LogP contribution in [0.4, 0.5) is 10.1 Å². The van der Waals surface area contributed by atoms with Gasteiger partial charge in [0.15, 0.2) is 6.61 Å². The minimum absolute atomic E-state index is 0.155. The molecule has 0 aliphatic carbocycles. The minimum atomic E-state index is -0.399. The number of anilines is 1. The predicted molar refractivity (Wildman–Crippen MR) is 93.6 cm³/mol. The summed E-state index contributed by atoms with van der Waals surface area (Å²) in [5.41, 5.74) is 0.502. The van der Waals surface area contributed by atoms with Crippen molar-refractivity contribution in [2.24, 2.45) is 0 Å². The lowest BCUT2D eigenvalue weighted by Crippen LogP contribution is -2.35. The molecule has 0 aliphatic rings. The van der Waals surface area contributed by atoms with Crippen molar-refractivity contribution in [1.82, 2.24) is 0 Å². The molecular weight excluding hydrogens is 399 g/mol. The highest BCUT2D eigenvalue weighted by Gasteiger charge is 2.17. The van der Waals surface area contributed by atoms with Gasteiger partial charge in [0.05, 0.1) is 17.5 Å². The van der Waals surface area contributed by atoms with Crippen LogP contribution in [0.15, 0.2) is 46.9 Å². The highest BCUT2D eigenvalue weighted by atomic mass is 79.9. The third-order valence-corrected chi connectivity index (χ3v) is 3.92. The van der Waals surface area contributed by atoms with Crippen molar-refractivity contribution < 1.29 is 13.9 Å². The SMILES string of the molecule is N#CCCN(C(=O)COc1ccc(Br)cc1Cl)c1ccc(F)cc1. The smallest absolute Gasteiger partial charge is 0.264 e. The molecule has 0 aliphatic heterocycles. The maximum Gasteiger partial charge on any atom is 0.264 e. The fraction of sp³-hybridized carbons (Fsp3) is 0.176. The first-order valence-electron chi connectivity index (χ1n) is 7.02. The highest BCUT2D eigenvalue weighted by Crippen LogP contribution is 2.27. The maximum atomic E-state index is 13.1. The summed E-state index contributed by atoms with van der Waals surface area (Å²) in [4.78, 5) is 13.8. The lowest BCUT2D eigenvalue weighted by atomic mass is 10.2. The predicted octanol–water partition coefficient (Wildman–Crippen LogP) is 4.57. The summed E-state index contributed by atoms with van der Waals surface area (Å²) in [6.45, 7) is -0.0530. The molecule has 0 saturated carbocycles. The van der Waals surface area contributed by atoms with E-state index in [2.05, 4.69) is 15.9 Å². The van der Waals surface area contributed by atoms with Gasteiger partial charge in [0.25, 0.3) is 5.91 Å². The average molecular weight is 412 g/mol. The van der Waals surface area contributed by atoms with Crippen LogP contribution in [-0.4, -0.2) is 19.1 Å². The van der Waals surface area contributed by atoms with Gasteiger partial charge in [-0.05, 0) is 42.5 Å². The standard InChI is InChI=1S/C17H13BrClFN2O2/c18-12-2-7-16(15(19)10-12)24-11-17(23)22(9-1-8-21)14-5-3-13(20)4-6-14/h2-7,10H,1,9,11H2. The van der Waals surface area contributed by atoms with Gasteiger partial charge < -0.3 is 9.64 Å². The summed E-state index contributed by atoms with van der Waals surface area (Å²) in [7, 11) is 0. The van der Waals surface area contributed by atoms with E-state index in [-0.39, 0.29) is 25.5 Å². The Morgan fingerprint density at radius 3 is 2.62 bits per heavy atom. The van der Waals surface area contributed by atoms with Crippen molar-refractivity contribution >= 4 is 39.1 Å². The molecule has 0 fully saturated rings. The Hall–Kier alpha value is -2.10. The second-order valence-corrected chi connectivity index (χ2v) is 6.12. The Bertz CT molecular complexity index is 762. The summed E-state index contributed by atoms with van der Waals surface area (Å²) >= 11 is 9.33. The van der Waals surface area contributed by atoms with Gasteiger partial charge in [-0.3, -0.25) is 4.79 Å². The van der Waals surface area contributed by atoms with E-state index in [0.29, 0.717) is 16.5 Å². The van der Waals surface area contributed by atoms with Crippen molar-refractivity contribution in [3.05, 3.63) is 57.8 Å². The molecule has 0 bridgehead atoms. The van der Waals surface area contributed by atoms with Gasteiger partial charge in [0.1, 0.15) is 11.6 Å². The van der Waals surface area contributed by atoms with Gasteiger partial charge in [0, 0.05) is 16.7 Å². The Balaban J connectivity index is 2.10. The molecule has 0 aromatic heterocycles. The van der Waals surface area contributed by atoms with Crippen LogP contribution in [0.25, 0.3) is 0 Å². The first-order chi connectivity index (χ1) is 11.5. The van der Waals surface area contributed by atoms with Crippen LogP contribution in [-0.2, 0) is 4.79 Å². The number of nitriles is 1. The first kappa shape index (κ1) is 18.2. The average Bonchev–Trinajstić information content (AvgIpc) is 2.56. The van der Waals surface area contributed by atoms with Crippen LogP contribution in [0.5, 0.6) is 5.75 Å². The maximum absolute atomic E-state index is 13.1. The van der Waals surface area contributed by atoms with E-state index in [9.17, 15) is 9.18 Å². The van der Waals surface area contributed by atoms with E-state index < -0.39 is 5.82 Å². The van der Waals surface area contributed by atoms with E-state index in [1.165, 1.54) is 29.2 Å². The number of carbonyl (C=O) groups excluding carboxylic acids is 1. The topological polar surface area (TPSA) is 53.3 Å². The number of halogens is 3. The molecule has 0 heterocycles. The summed E-state index contributed by atoms with van der Waals surface area (Å²) in [5.74, 6) is -0.368. The summed E-state index contributed by atoms with van der Waals surface area (Å²) in [6, 6.07) is 12.5. The number of amides is 1. The van der Waals surface area contributed by atoms with E-state index in [4.69, 9.17) is 21.6 Å². The number of nitrogens with zero attached hydrogens (tertiary/aromatic N) is 2. The lowest BCUT2D eigenvalue weighted by molar-refractivity contribution is -0.120. The summed E-state index contributed by atoms with van der Waals surface area (Å²) < 4.78 is 19.3. The minimum Gasteiger partial charge on any atom is -0.482 e. The molecule has 7 heteroatoms. The van der Waals surface area contributed by atoms with Gasteiger partial charge in [0.2, 0.25) is 0 Å². The van der Waals surface area contributed by atoms with Crippen LogP contribution in [0, 0.1) is 17.1 Å². The Morgan fingerprint density at radius 2 is 2.00 bits per heavy atom. The lowest BCUT2D eigenvalue weighted by Gasteiger charge is -2.22. The van der Waals surface area contributed by atoms with Gasteiger partial charge in [-0.2, -0.15) is 5.26 Å². The Kier molecular flexibility index (Phi) is 6.59. The zero-order valence-corrected chi connectivity index (χ0v) is 14.8. The van der Waals surface area contributed by atoms with Crippen molar-refractivity contribution in [3.63, 3.8) is 0 Å². The normalized spacial score (nSPS) is 10.1. The number of hydrogen-bond acceptors (Lipinski definition) is 3. The zero-order chi connectivity index (χ0) is 17.5. The summed E-state index contributed by atoms with van der Waals surface area (Å²) in [5, 5.41) is 9.13. The molecule has 0 atom stereocenters. The van der Waals surface area contributed by atoms with Crippen molar-refractivity contribution in [3.8, 4) is 11.8 Å². The van der Waals surface area contributed by atoms with Crippen LogP contribution in [0.2, 0.25) is 5.02 Å². The molecule has 0 spiro atoms. The zero-order valence-electron chi connectivity index (χ0n) is 12.5. The van der Waals surface area contributed by atoms with Crippen molar-refractivity contribution in [2.45, 2.75) is 6.42 Å². The molecule has 2 rings (SSSR count). The highest BCUT2D eigenvalue weighted by molar-refractivity contribution is 9.10. The van der Waals surface area contributed by atoms with Crippen molar-refractivity contribution in [2.75, 3.05) is 18.1 Å². The number of carbonyl (C=O) groups is 1. The first-order valence-corrected chi connectivity index (χ1v) is 8.19. The van der Waals surface area contributed by atoms with Crippen LogP contribution < -0.4 is 9.64 Å². The molecule has 0 saturated heterocycles. The molecule has 0 radical (unpaired) electrons. The number of hydrogen-bond donors (Lipinski definition) is 0. The molecule has 2 aromatic carbocycles. The van der Waals surface area contributed by atoms with Gasteiger partial charge >= 0.3 is 0 Å². The number of rotatable bonds is 6. The Labute approximate surface area is 152 Å². The molecule has 124 valence electrons. The van der Waals surface area contributed by atoms with Crippen molar-refractivity contribution in [1.29, 1.82) is 5.26 Å². The van der Waals surface area contributed by atoms with E-state index in [1.807, 2.05) is 6.07 Å². The molecule has 24 heavy (non-hydrogen) atoms.